The minimum absolute atomic E-state index is 0.103. The molecule has 1 saturated heterocycles. The molecule has 1 rings (SSSR count). The van der Waals surface area contributed by atoms with Crippen molar-refractivity contribution in [2.24, 2.45) is 5.92 Å². The summed E-state index contributed by atoms with van der Waals surface area (Å²) < 4.78 is 0. The number of hydrogen-bond donors (Lipinski definition) is 2. The molecule has 0 aromatic rings. The molecule has 5 heteroatoms. The average molecular weight is 213 g/mol. The highest BCUT2D eigenvalue weighted by molar-refractivity contribution is 5.80. The van der Waals surface area contributed by atoms with E-state index in [9.17, 15) is 9.59 Å². The number of carbonyl (C=O) groups excluding carboxylic acids is 2. The minimum Gasteiger partial charge on any atom is -0.356 e. The molecule has 86 valence electrons. The maximum absolute atomic E-state index is 11.4. The molecule has 1 aliphatic heterocycles. The first kappa shape index (κ1) is 12.0. The average Bonchev–Trinajstić information content (AvgIpc) is 2.08. The van der Waals surface area contributed by atoms with Crippen molar-refractivity contribution in [1.29, 1.82) is 0 Å². The molecular weight excluding hydrogens is 194 g/mol. The molecule has 0 aromatic carbocycles. The predicted molar refractivity (Wildman–Crippen MR) is 57.3 cm³/mol. The van der Waals surface area contributed by atoms with E-state index in [4.69, 9.17) is 0 Å². The molecule has 0 saturated carbocycles. The molecule has 1 fully saturated rings. The maximum atomic E-state index is 11.4. The summed E-state index contributed by atoms with van der Waals surface area (Å²) in [5, 5.41) is 5.87. The van der Waals surface area contributed by atoms with Crippen LogP contribution in [-0.2, 0) is 9.59 Å². The van der Waals surface area contributed by atoms with Crippen molar-refractivity contribution in [3.8, 4) is 0 Å². The number of rotatable bonds is 5. The van der Waals surface area contributed by atoms with Crippen LogP contribution in [0.3, 0.4) is 0 Å². The highest BCUT2D eigenvalue weighted by Gasteiger charge is 2.24. The Morgan fingerprint density at radius 3 is 2.53 bits per heavy atom. The van der Waals surface area contributed by atoms with Gasteiger partial charge in [0.25, 0.3) is 0 Å². The first-order valence-electron chi connectivity index (χ1n) is 5.30. The zero-order valence-corrected chi connectivity index (χ0v) is 9.38. The predicted octanol–water partition coefficient (Wildman–Crippen LogP) is -0.810. The van der Waals surface area contributed by atoms with Gasteiger partial charge in [-0.2, -0.15) is 0 Å². The summed E-state index contributed by atoms with van der Waals surface area (Å²) in [4.78, 5) is 24.1. The van der Waals surface area contributed by atoms with Crippen LogP contribution in [0.25, 0.3) is 0 Å². The van der Waals surface area contributed by atoms with Crippen LogP contribution in [0, 0.1) is 5.92 Å². The Morgan fingerprint density at radius 2 is 2.07 bits per heavy atom. The van der Waals surface area contributed by atoms with E-state index in [1.165, 1.54) is 0 Å². The second-order valence-electron chi connectivity index (χ2n) is 4.04. The lowest BCUT2D eigenvalue weighted by Crippen LogP contribution is -2.50. The zero-order valence-electron chi connectivity index (χ0n) is 9.38. The van der Waals surface area contributed by atoms with Crippen LogP contribution in [-0.4, -0.2) is 50.4 Å². The first-order chi connectivity index (χ1) is 7.11. The van der Waals surface area contributed by atoms with Crippen molar-refractivity contribution >= 4 is 11.8 Å². The minimum atomic E-state index is 0.103. The van der Waals surface area contributed by atoms with Crippen molar-refractivity contribution < 1.29 is 9.59 Å². The van der Waals surface area contributed by atoms with Crippen molar-refractivity contribution in [2.75, 3.05) is 33.7 Å². The normalized spacial score (nSPS) is 15.6. The van der Waals surface area contributed by atoms with Gasteiger partial charge in [0.05, 0.1) is 5.92 Å². The highest BCUT2D eigenvalue weighted by Crippen LogP contribution is 2.02. The molecule has 2 amide bonds. The molecule has 0 aromatic heterocycles. The third kappa shape index (κ3) is 3.87. The lowest BCUT2D eigenvalue weighted by Gasteiger charge is -2.25. The van der Waals surface area contributed by atoms with Gasteiger partial charge >= 0.3 is 0 Å². The summed E-state index contributed by atoms with van der Waals surface area (Å²) >= 11 is 0. The van der Waals surface area contributed by atoms with Crippen molar-refractivity contribution in [1.82, 2.24) is 15.5 Å². The fourth-order valence-corrected chi connectivity index (χ4v) is 1.29. The van der Waals surface area contributed by atoms with Gasteiger partial charge in [-0.3, -0.25) is 9.59 Å². The van der Waals surface area contributed by atoms with E-state index >= 15 is 0 Å². The zero-order chi connectivity index (χ0) is 11.3. The van der Waals surface area contributed by atoms with Crippen molar-refractivity contribution in [3.63, 3.8) is 0 Å². The van der Waals surface area contributed by atoms with Crippen LogP contribution < -0.4 is 10.6 Å². The molecule has 0 spiro atoms. The third-order valence-electron chi connectivity index (χ3n) is 2.52. The van der Waals surface area contributed by atoms with E-state index in [2.05, 4.69) is 10.6 Å². The second kappa shape index (κ2) is 5.70. The van der Waals surface area contributed by atoms with Crippen LogP contribution in [0.5, 0.6) is 0 Å². The Balaban J connectivity index is 2.01. The molecule has 0 radical (unpaired) electrons. The summed E-state index contributed by atoms with van der Waals surface area (Å²) in [5.74, 6) is 0.343. The molecule has 2 N–H and O–H groups in total. The third-order valence-corrected chi connectivity index (χ3v) is 2.52. The molecule has 0 unspecified atom stereocenters. The van der Waals surface area contributed by atoms with Crippen LogP contribution in [0.15, 0.2) is 0 Å². The summed E-state index contributed by atoms with van der Waals surface area (Å²) in [7, 11) is 3.47. The Morgan fingerprint density at radius 1 is 1.40 bits per heavy atom. The smallest absolute Gasteiger partial charge is 0.225 e. The second-order valence-corrected chi connectivity index (χ2v) is 4.04. The number of carbonyl (C=O) groups is 2. The molecule has 0 aliphatic carbocycles. The maximum Gasteiger partial charge on any atom is 0.225 e. The Labute approximate surface area is 90.2 Å². The van der Waals surface area contributed by atoms with E-state index in [0.717, 1.165) is 13.1 Å². The number of nitrogens with one attached hydrogen (secondary N) is 2. The van der Waals surface area contributed by atoms with Gasteiger partial charge in [-0.1, -0.05) is 0 Å². The standard InChI is InChI=1S/C10H19N3O2/c1-13(2)9(14)4-3-5-12-10(15)8-6-11-7-8/h8,11H,3-7H2,1-2H3,(H,12,15). The quantitative estimate of drug-likeness (QED) is 0.587. The molecular formula is C10H19N3O2. The van der Waals surface area contributed by atoms with Gasteiger partial charge in [-0.05, 0) is 6.42 Å². The molecule has 1 aliphatic rings. The van der Waals surface area contributed by atoms with E-state index in [-0.39, 0.29) is 17.7 Å². The largest absolute Gasteiger partial charge is 0.356 e. The van der Waals surface area contributed by atoms with E-state index in [0.29, 0.717) is 19.4 Å². The van der Waals surface area contributed by atoms with Crippen LogP contribution in [0.4, 0.5) is 0 Å². The molecule has 0 bridgehead atoms. The summed E-state index contributed by atoms with van der Waals surface area (Å²) in [5.41, 5.74) is 0. The van der Waals surface area contributed by atoms with Gasteiger partial charge in [0.1, 0.15) is 0 Å². The molecule has 15 heavy (non-hydrogen) atoms. The fourth-order valence-electron chi connectivity index (χ4n) is 1.29. The number of hydrogen-bond acceptors (Lipinski definition) is 3. The molecule has 5 nitrogen and oxygen atoms in total. The van der Waals surface area contributed by atoms with Crippen molar-refractivity contribution in [2.45, 2.75) is 12.8 Å². The van der Waals surface area contributed by atoms with Gasteiger partial charge in [0, 0.05) is 40.2 Å². The lowest BCUT2D eigenvalue weighted by molar-refractivity contribution is -0.129. The monoisotopic (exact) mass is 213 g/mol. The Kier molecular flexibility index (Phi) is 4.55. The SMILES string of the molecule is CN(C)C(=O)CCCNC(=O)C1CNC1. The van der Waals surface area contributed by atoms with E-state index in [1.807, 2.05) is 0 Å². The van der Waals surface area contributed by atoms with E-state index in [1.54, 1.807) is 19.0 Å². The fraction of sp³-hybridized carbons (Fsp3) is 0.800. The van der Waals surface area contributed by atoms with Gasteiger partial charge in [0.2, 0.25) is 11.8 Å². The van der Waals surface area contributed by atoms with Gasteiger partial charge in [-0.15, -0.1) is 0 Å². The van der Waals surface area contributed by atoms with Crippen LogP contribution in [0.2, 0.25) is 0 Å². The van der Waals surface area contributed by atoms with Crippen LogP contribution >= 0.6 is 0 Å². The lowest BCUT2D eigenvalue weighted by atomic mass is 10.0. The summed E-state index contributed by atoms with van der Waals surface area (Å²) in [6.07, 6.45) is 1.21. The molecule has 1 heterocycles. The van der Waals surface area contributed by atoms with Gasteiger partial charge in [0.15, 0.2) is 0 Å². The molecule has 0 atom stereocenters. The highest BCUT2D eigenvalue weighted by atomic mass is 16.2. The van der Waals surface area contributed by atoms with Crippen LogP contribution in [0.1, 0.15) is 12.8 Å². The number of amides is 2. The topological polar surface area (TPSA) is 61.4 Å². The summed E-state index contributed by atoms with van der Waals surface area (Å²) in [6.45, 7) is 2.15. The van der Waals surface area contributed by atoms with Gasteiger partial charge < -0.3 is 15.5 Å². The number of nitrogens with zero attached hydrogens (tertiary/aromatic N) is 1. The first-order valence-corrected chi connectivity index (χ1v) is 5.30. The Hall–Kier alpha value is -1.10. The summed E-state index contributed by atoms with van der Waals surface area (Å²) in [6, 6.07) is 0. The van der Waals surface area contributed by atoms with E-state index < -0.39 is 0 Å². The Bertz CT molecular complexity index is 237. The van der Waals surface area contributed by atoms with Crippen molar-refractivity contribution in [3.05, 3.63) is 0 Å². The van der Waals surface area contributed by atoms with Gasteiger partial charge in [-0.25, -0.2) is 0 Å².